The molecule has 5 rings (SSSR count). The van der Waals surface area contributed by atoms with Crippen LogP contribution in [0.25, 0.3) is 0 Å². The molecule has 10 nitrogen and oxygen atoms in total. The molecule has 0 radical (unpaired) electrons. The first-order valence-electron chi connectivity index (χ1n) is 15.5. The van der Waals surface area contributed by atoms with E-state index in [0.717, 1.165) is 18.4 Å². The van der Waals surface area contributed by atoms with Crippen molar-refractivity contribution >= 4 is 35.2 Å². The molecule has 1 aromatic carbocycles. The fraction of sp³-hybridized carbons (Fsp3) is 0.588. The van der Waals surface area contributed by atoms with Crippen molar-refractivity contribution in [1.82, 2.24) is 5.32 Å². The zero-order chi connectivity index (χ0) is 31.9. The molecule has 1 amide bonds. The predicted octanol–water partition coefficient (Wildman–Crippen LogP) is 3.31. The number of carbonyl (C=O) groups is 6. The number of ether oxygens (including phenoxy) is 1. The van der Waals surface area contributed by atoms with Crippen molar-refractivity contribution in [2.45, 2.75) is 83.2 Å². The van der Waals surface area contributed by atoms with Gasteiger partial charge in [-0.1, -0.05) is 49.8 Å². The van der Waals surface area contributed by atoms with Crippen molar-refractivity contribution in [2.75, 3.05) is 13.2 Å². The average Bonchev–Trinajstić information content (AvgIpc) is 3.26. The maximum absolute atomic E-state index is 13.8. The van der Waals surface area contributed by atoms with Crippen LogP contribution in [0.15, 0.2) is 42.0 Å². The Bertz CT molecular complexity index is 1400. The van der Waals surface area contributed by atoms with Gasteiger partial charge in [-0.2, -0.15) is 0 Å². The molecule has 0 aliphatic heterocycles. The number of carbonyl (C=O) groups excluding carboxylic acids is 5. The van der Waals surface area contributed by atoms with Gasteiger partial charge in [-0.25, -0.2) is 0 Å². The predicted molar refractivity (Wildman–Crippen MR) is 157 cm³/mol. The lowest BCUT2D eigenvalue weighted by Gasteiger charge is -2.57. The van der Waals surface area contributed by atoms with E-state index in [1.165, 1.54) is 0 Å². The van der Waals surface area contributed by atoms with E-state index in [0.29, 0.717) is 24.8 Å². The number of aliphatic carboxylic acids is 1. The van der Waals surface area contributed by atoms with Crippen molar-refractivity contribution in [1.29, 1.82) is 0 Å². The Morgan fingerprint density at radius 1 is 1.02 bits per heavy atom. The van der Waals surface area contributed by atoms with E-state index >= 15 is 0 Å². The van der Waals surface area contributed by atoms with E-state index < -0.39 is 47.2 Å². The highest BCUT2D eigenvalue weighted by atomic mass is 16.5. The van der Waals surface area contributed by atoms with Gasteiger partial charge in [0, 0.05) is 37.1 Å². The smallest absolute Gasteiger partial charge is 0.312 e. The number of aliphatic hydroxyl groups is 1. The number of Topliss-reactive ketones (excluding diaryl/α,β-unsaturated/α-hetero) is 2. The van der Waals surface area contributed by atoms with E-state index in [-0.39, 0.29) is 67.0 Å². The number of esters is 1. The summed E-state index contributed by atoms with van der Waals surface area (Å²) in [4.78, 5) is 75.6. The Balaban J connectivity index is 1.15. The van der Waals surface area contributed by atoms with Crippen molar-refractivity contribution in [2.24, 2.45) is 28.6 Å². The lowest BCUT2D eigenvalue weighted by atomic mass is 9.46. The molecule has 0 aromatic heterocycles. The van der Waals surface area contributed by atoms with Crippen LogP contribution in [0.5, 0.6) is 0 Å². The molecule has 3 fully saturated rings. The highest BCUT2D eigenvalue weighted by Crippen LogP contribution is 2.66. The minimum atomic E-state index is -1.82. The average molecular weight is 608 g/mol. The number of allylic oxidation sites excluding steroid dienone is 1. The minimum absolute atomic E-state index is 0.00195. The zero-order valence-electron chi connectivity index (χ0n) is 25.3. The fourth-order valence-corrected chi connectivity index (χ4v) is 8.74. The van der Waals surface area contributed by atoms with E-state index in [1.807, 2.05) is 0 Å². The van der Waals surface area contributed by atoms with Gasteiger partial charge in [0.1, 0.15) is 11.4 Å². The molecule has 1 aromatic rings. The van der Waals surface area contributed by atoms with Gasteiger partial charge in [0.2, 0.25) is 11.7 Å². The standard InChI is InChI=1S/C34H41NO9/c1-32-14-12-22(36)16-21(32)8-9-23-25-13-15-34(43,33(25,2)17-26(37)30(23)32)27(38)19-44-29(40)11-10-28(39)35-18-24(31(41)42)20-6-4-3-5-7-20/h3-7,16,23-25,30,43H,8-15,17-19H2,1-2H3,(H,35,39)(H,41,42)/t23-,24?,25-,30+,32-,33-,34-/m0/s1. The number of hydrogen-bond acceptors (Lipinski definition) is 8. The number of rotatable bonds is 10. The second-order valence-corrected chi connectivity index (χ2v) is 13.5. The third-order valence-electron chi connectivity index (χ3n) is 11.2. The number of amides is 1. The van der Waals surface area contributed by atoms with Gasteiger partial charge in [-0.05, 0) is 61.0 Å². The summed E-state index contributed by atoms with van der Waals surface area (Å²) in [5, 5.41) is 23.8. The fourth-order valence-electron chi connectivity index (χ4n) is 8.74. The van der Waals surface area contributed by atoms with Crippen LogP contribution >= 0.6 is 0 Å². The van der Waals surface area contributed by atoms with Crippen LogP contribution in [0.2, 0.25) is 0 Å². The first-order chi connectivity index (χ1) is 20.8. The molecule has 0 bridgehead atoms. The summed E-state index contributed by atoms with van der Waals surface area (Å²) in [6, 6.07) is 8.49. The lowest BCUT2D eigenvalue weighted by molar-refractivity contribution is -0.173. The summed E-state index contributed by atoms with van der Waals surface area (Å²) in [6.45, 7) is 3.08. The topological polar surface area (TPSA) is 164 Å². The summed E-state index contributed by atoms with van der Waals surface area (Å²) in [5.74, 6) is -4.17. The molecule has 0 spiro atoms. The summed E-state index contributed by atoms with van der Waals surface area (Å²) >= 11 is 0. The SMILES string of the molecule is C[C@]12CCC(=O)C=C1CC[C@@H]1[C@@H]2C(=O)C[C@@]2(C)[C@H]1CC[C@]2(O)C(=O)COC(=O)CCC(=O)NCC(C(=O)O)c1ccccc1. The van der Waals surface area contributed by atoms with Crippen LogP contribution in [-0.4, -0.2) is 64.2 Å². The van der Waals surface area contributed by atoms with Crippen LogP contribution < -0.4 is 5.32 Å². The van der Waals surface area contributed by atoms with Crippen molar-refractivity contribution in [3.63, 3.8) is 0 Å². The summed E-state index contributed by atoms with van der Waals surface area (Å²) in [6.07, 6.45) is 4.47. The molecular formula is C34H41NO9. The Morgan fingerprint density at radius 2 is 1.75 bits per heavy atom. The molecule has 0 heterocycles. The number of carboxylic acid groups (broad SMARTS) is 1. The molecule has 4 aliphatic carbocycles. The lowest BCUT2D eigenvalue weighted by Crippen LogP contribution is -2.61. The molecule has 3 N–H and O–H groups in total. The Hall–Kier alpha value is -3.66. The van der Waals surface area contributed by atoms with Crippen molar-refractivity contribution < 1.29 is 43.7 Å². The monoisotopic (exact) mass is 607 g/mol. The van der Waals surface area contributed by atoms with E-state index in [1.54, 1.807) is 43.3 Å². The molecule has 10 heteroatoms. The summed E-state index contributed by atoms with van der Waals surface area (Å²) in [5.41, 5.74) is -1.60. The second kappa shape index (κ2) is 12.0. The zero-order valence-corrected chi connectivity index (χ0v) is 25.3. The maximum Gasteiger partial charge on any atom is 0.312 e. The van der Waals surface area contributed by atoms with Crippen LogP contribution in [0.3, 0.4) is 0 Å². The highest BCUT2D eigenvalue weighted by Gasteiger charge is 2.68. The molecule has 0 saturated heterocycles. The Kier molecular flexibility index (Phi) is 8.68. The molecule has 236 valence electrons. The Morgan fingerprint density at radius 3 is 2.45 bits per heavy atom. The third-order valence-corrected chi connectivity index (χ3v) is 11.2. The van der Waals surface area contributed by atoms with Crippen molar-refractivity contribution in [3.8, 4) is 0 Å². The third kappa shape index (κ3) is 5.53. The highest BCUT2D eigenvalue weighted by molar-refractivity contribution is 5.95. The first kappa shape index (κ1) is 31.8. The molecule has 4 aliphatic rings. The number of carboxylic acids is 1. The normalized spacial score (nSPS) is 33.2. The van der Waals surface area contributed by atoms with Gasteiger partial charge in [0.05, 0.1) is 12.3 Å². The number of fused-ring (bicyclic) bond motifs is 5. The van der Waals surface area contributed by atoms with E-state index in [9.17, 15) is 39.0 Å². The van der Waals surface area contributed by atoms with Gasteiger partial charge in [0.15, 0.2) is 12.4 Å². The van der Waals surface area contributed by atoms with Crippen molar-refractivity contribution in [3.05, 3.63) is 47.5 Å². The number of hydrogen-bond donors (Lipinski definition) is 3. The minimum Gasteiger partial charge on any atom is -0.481 e. The second-order valence-electron chi connectivity index (χ2n) is 13.5. The van der Waals surface area contributed by atoms with Gasteiger partial charge in [-0.15, -0.1) is 0 Å². The van der Waals surface area contributed by atoms with Gasteiger partial charge in [-0.3, -0.25) is 28.8 Å². The van der Waals surface area contributed by atoms with Gasteiger partial charge < -0.3 is 20.3 Å². The maximum atomic E-state index is 13.8. The Labute approximate surface area is 256 Å². The summed E-state index contributed by atoms with van der Waals surface area (Å²) < 4.78 is 5.17. The van der Waals surface area contributed by atoms with E-state index in [2.05, 4.69) is 12.2 Å². The van der Waals surface area contributed by atoms with E-state index in [4.69, 9.17) is 4.74 Å². The number of nitrogens with one attached hydrogen (secondary N) is 1. The quantitative estimate of drug-likeness (QED) is 0.339. The van der Waals surface area contributed by atoms with Crippen LogP contribution in [0, 0.1) is 28.6 Å². The van der Waals surface area contributed by atoms with Crippen LogP contribution in [0.1, 0.15) is 83.1 Å². The van der Waals surface area contributed by atoms with Gasteiger partial charge in [0.25, 0.3) is 0 Å². The summed E-state index contributed by atoms with van der Waals surface area (Å²) in [7, 11) is 0. The molecular weight excluding hydrogens is 566 g/mol. The molecule has 7 atom stereocenters. The number of ketones is 3. The molecule has 3 saturated carbocycles. The number of benzene rings is 1. The molecule has 44 heavy (non-hydrogen) atoms. The van der Waals surface area contributed by atoms with Crippen LogP contribution in [-0.2, 0) is 33.5 Å². The van der Waals surface area contributed by atoms with Gasteiger partial charge >= 0.3 is 11.9 Å². The largest absolute Gasteiger partial charge is 0.481 e. The first-order valence-corrected chi connectivity index (χ1v) is 15.5. The molecule has 1 unspecified atom stereocenters. The van der Waals surface area contributed by atoms with Crippen LogP contribution in [0.4, 0.5) is 0 Å².